The van der Waals surface area contributed by atoms with Gasteiger partial charge in [0, 0.05) is 5.56 Å². The highest BCUT2D eigenvalue weighted by atomic mass is 32.2. The number of carbonyl (C=O) groups is 2. The second-order valence-corrected chi connectivity index (χ2v) is 11.9. The van der Waals surface area contributed by atoms with Crippen LogP contribution in [0.5, 0.6) is 5.75 Å². The van der Waals surface area contributed by atoms with Gasteiger partial charge in [0.05, 0.1) is 22.7 Å². The smallest absolute Gasteiger partial charge is 0.406 e. The summed E-state index contributed by atoms with van der Waals surface area (Å²) in [6, 6.07) is 16.3. The van der Waals surface area contributed by atoms with Crippen LogP contribution in [0.3, 0.4) is 0 Å². The number of amidine groups is 1. The first-order chi connectivity index (χ1) is 21.4. The molecule has 45 heavy (non-hydrogen) atoms. The van der Waals surface area contributed by atoms with E-state index >= 15 is 0 Å². The van der Waals surface area contributed by atoms with E-state index < -0.39 is 23.7 Å². The molecule has 3 aromatic carbocycles. The van der Waals surface area contributed by atoms with E-state index in [1.54, 1.807) is 0 Å². The van der Waals surface area contributed by atoms with Crippen molar-refractivity contribution in [1.29, 1.82) is 0 Å². The van der Waals surface area contributed by atoms with Crippen molar-refractivity contribution in [2.24, 2.45) is 4.99 Å². The third-order valence-electron chi connectivity index (χ3n) is 7.43. The van der Waals surface area contributed by atoms with E-state index in [2.05, 4.69) is 25.1 Å². The number of nitrogens with one attached hydrogen (secondary N) is 1. The molecule has 14 heteroatoms. The van der Waals surface area contributed by atoms with Crippen molar-refractivity contribution in [3.63, 3.8) is 0 Å². The number of rotatable bonds is 7. The molecule has 1 saturated carbocycles. The fourth-order valence-corrected chi connectivity index (χ4v) is 5.92. The number of carbonyl (C=O) groups excluding carboxylic acids is 2. The molecule has 0 unspecified atom stereocenters. The first-order valence-corrected chi connectivity index (χ1v) is 14.9. The van der Waals surface area contributed by atoms with E-state index in [1.807, 2.05) is 38.1 Å². The van der Waals surface area contributed by atoms with Crippen LogP contribution in [-0.2, 0) is 10.3 Å². The maximum absolute atomic E-state index is 14.0. The molecular weight excluding hydrogens is 612 g/mol. The SMILES string of the molecule is CC(C)c1cc(F)ccc1N1C(=O)CSC1=NC(=O)NC1(c2ccc(-c3ncn(-c4ccc(OC(F)(F)F)cc4)n3)cc2)CC1. The van der Waals surface area contributed by atoms with E-state index in [9.17, 15) is 27.2 Å². The largest absolute Gasteiger partial charge is 0.573 e. The lowest BCUT2D eigenvalue weighted by molar-refractivity contribution is -0.274. The quantitative estimate of drug-likeness (QED) is 0.220. The zero-order valence-corrected chi connectivity index (χ0v) is 24.8. The number of alkyl halides is 3. The van der Waals surface area contributed by atoms with Gasteiger partial charge in [-0.05, 0) is 72.4 Å². The lowest BCUT2D eigenvalue weighted by Crippen LogP contribution is -2.35. The molecule has 1 aliphatic heterocycles. The zero-order chi connectivity index (χ0) is 31.9. The second kappa shape index (κ2) is 11.7. The Morgan fingerprint density at radius 1 is 1.07 bits per heavy atom. The summed E-state index contributed by atoms with van der Waals surface area (Å²) in [5, 5.41) is 7.66. The van der Waals surface area contributed by atoms with Crippen LogP contribution in [-0.4, -0.2) is 44.0 Å². The number of benzene rings is 3. The van der Waals surface area contributed by atoms with Crippen LogP contribution in [0.1, 0.15) is 43.7 Å². The van der Waals surface area contributed by atoms with E-state index in [0.29, 0.717) is 41.2 Å². The van der Waals surface area contributed by atoms with Gasteiger partial charge in [0.1, 0.15) is 17.9 Å². The maximum atomic E-state index is 14.0. The summed E-state index contributed by atoms with van der Waals surface area (Å²) >= 11 is 1.16. The topological polar surface area (TPSA) is 102 Å². The van der Waals surface area contributed by atoms with Gasteiger partial charge >= 0.3 is 12.4 Å². The number of aliphatic imine (C=N–C) groups is 1. The third kappa shape index (κ3) is 6.55. The van der Waals surface area contributed by atoms with Crippen molar-refractivity contribution in [2.75, 3.05) is 10.7 Å². The predicted molar refractivity (Wildman–Crippen MR) is 161 cm³/mol. The van der Waals surface area contributed by atoms with E-state index in [-0.39, 0.29) is 28.5 Å². The van der Waals surface area contributed by atoms with Crippen molar-refractivity contribution in [1.82, 2.24) is 20.1 Å². The fraction of sp³-hybridized carbons (Fsp3) is 0.258. The summed E-state index contributed by atoms with van der Waals surface area (Å²) in [4.78, 5) is 35.8. The number of halogens is 4. The number of hydrogen-bond donors (Lipinski definition) is 1. The minimum Gasteiger partial charge on any atom is -0.406 e. The molecule has 1 aromatic heterocycles. The summed E-state index contributed by atoms with van der Waals surface area (Å²) in [6.45, 7) is 3.80. The van der Waals surface area contributed by atoms with Gasteiger partial charge < -0.3 is 10.1 Å². The van der Waals surface area contributed by atoms with E-state index in [1.165, 1.54) is 58.4 Å². The molecule has 4 aromatic rings. The zero-order valence-electron chi connectivity index (χ0n) is 24.0. The number of ether oxygens (including phenoxy) is 1. The molecule has 0 atom stereocenters. The van der Waals surface area contributed by atoms with Gasteiger partial charge in [-0.3, -0.25) is 9.69 Å². The minimum atomic E-state index is -4.77. The van der Waals surface area contributed by atoms with Crippen LogP contribution in [0.2, 0.25) is 0 Å². The first-order valence-electron chi connectivity index (χ1n) is 14.0. The Labute approximate surface area is 259 Å². The number of thioether (sulfide) groups is 1. The van der Waals surface area contributed by atoms with Gasteiger partial charge in [0.25, 0.3) is 0 Å². The molecule has 2 heterocycles. The van der Waals surface area contributed by atoms with Gasteiger partial charge in [-0.15, -0.1) is 18.3 Å². The average Bonchev–Trinajstić information content (AvgIpc) is 3.43. The highest BCUT2D eigenvalue weighted by Crippen LogP contribution is 2.46. The number of nitrogens with zero attached hydrogens (tertiary/aromatic N) is 5. The molecular formula is C31H26F4N6O3S. The van der Waals surface area contributed by atoms with E-state index in [4.69, 9.17) is 0 Å². The van der Waals surface area contributed by atoms with Gasteiger partial charge in [-0.2, -0.15) is 4.99 Å². The van der Waals surface area contributed by atoms with Crippen LogP contribution in [0, 0.1) is 5.82 Å². The number of anilines is 1. The van der Waals surface area contributed by atoms with Crippen LogP contribution in [0.25, 0.3) is 17.1 Å². The second-order valence-electron chi connectivity index (χ2n) is 10.9. The van der Waals surface area contributed by atoms with Gasteiger partial charge in [-0.25, -0.2) is 18.9 Å². The molecule has 1 saturated heterocycles. The number of aromatic nitrogens is 3. The Balaban J connectivity index is 1.15. The lowest BCUT2D eigenvalue weighted by atomic mass is 10.0. The lowest BCUT2D eigenvalue weighted by Gasteiger charge is -2.22. The summed E-state index contributed by atoms with van der Waals surface area (Å²) in [5.74, 6) is -0.510. The summed E-state index contributed by atoms with van der Waals surface area (Å²) < 4.78 is 56.6. The molecule has 2 aliphatic rings. The molecule has 0 bridgehead atoms. The molecule has 232 valence electrons. The van der Waals surface area contributed by atoms with Crippen molar-refractivity contribution in [2.45, 2.75) is 44.5 Å². The summed E-state index contributed by atoms with van der Waals surface area (Å²) in [6.07, 6.45) is -1.91. The molecule has 0 radical (unpaired) electrons. The molecule has 2 fully saturated rings. The van der Waals surface area contributed by atoms with Crippen molar-refractivity contribution in [3.8, 4) is 22.8 Å². The van der Waals surface area contributed by atoms with Gasteiger partial charge in [0.15, 0.2) is 11.0 Å². The Morgan fingerprint density at radius 3 is 2.42 bits per heavy atom. The summed E-state index contributed by atoms with van der Waals surface area (Å²) in [5.41, 5.74) is 2.62. The van der Waals surface area contributed by atoms with Crippen molar-refractivity contribution < 1.29 is 31.9 Å². The van der Waals surface area contributed by atoms with E-state index in [0.717, 1.165) is 17.3 Å². The van der Waals surface area contributed by atoms with Crippen molar-refractivity contribution >= 4 is 34.6 Å². The van der Waals surface area contributed by atoms with Gasteiger partial charge in [-0.1, -0.05) is 49.9 Å². The number of amides is 3. The van der Waals surface area contributed by atoms with Crippen LogP contribution >= 0.6 is 11.8 Å². The Kier molecular flexibility index (Phi) is 7.85. The molecule has 9 nitrogen and oxygen atoms in total. The number of urea groups is 1. The first kappa shape index (κ1) is 30.3. The number of hydrogen-bond acceptors (Lipinski definition) is 6. The standard InChI is InChI=1S/C31H26F4N6O3S/c1-18(2)24-15-21(32)7-12-25(24)41-26(42)16-45-29(41)37-28(43)38-30(13-14-30)20-5-3-19(4-6-20)27-36-17-40(39-27)22-8-10-23(11-9-22)44-31(33,34)35/h3-12,15,17-18H,13-14,16H2,1-2H3,(H,38,43). The highest BCUT2D eigenvalue weighted by Gasteiger charge is 2.46. The Bertz CT molecular complexity index is 1780. The highest BCUT2D eigenvalue weighted by molar-refractivity contribution is 8.15. The maximum Gasteiger partial charge on any atom is 0.573 e. The minimum absolute atomic E-state index is 0.0564. The molecule has 6 rings (SSSR count). The third-order valence-corrected chi connectivity index (χ3v) is 8.36. The monoisotopic (exact) mass is 638 g/mol. The van der Waals surface area contributed by atoms with Crippen molar-refractivity contribution in [3.05, 3.63) is 90.0 Å². The summed E-state index contributed by atoms with van der Waals surface area (Å²) in [7, 11) is 0. The van der Waals surface area contributed by atoms with Crippen LogP contribution in [0.4, 0.5) is 28.0 Å². The Morgan fingerprint density at radius 2 is 1.78 bits per heavy atom. The predicted octanol–water partition coefficient (Wildman–Crippen LogP) is 6.93. The van der Waals surface area contributed by atoms with Crippen LogP contribution in [0.15, 0.2) is 78.0 Å². The molecule has 0 spiro atoms. The molecule has 1 N–H and O–H groups in total. The van der Waals surface area contributed by atoms with Gasteiger partial charge in [0.2, 0.25) is 5.91 Å². The average molecular weight is 639 g/mol. The molecule has 1 aliphatic carbocycles. The molecule has 3 amide bonds. The fourth-order valence-electron chi connectivity index (χ4n) is 5.06. The van der Waals surface area contributed by atoms with Crippen LogP contribution < -0.4 is 15.0 Å². The Hall–Kier alpha value is -4.72. The normalized spacial score (nSPS) is 16.8.